The zero-order valence-corrected chi connectivity index (χ0v) is 11.7. The molecule has 1 aliphatic rings. The molecule has 0 aliphatic carbocycles. The van der Waals surface area contributed by atoms with E-state index in [0.29, 0.717) is 12.8 Å². The number of carbonyl (C=O) groups is 2. The van der Waals surface area contributed by atoms with Gasteiger partial charge < -0.3 is 10.2 Å². The van der Waals surface area contributed by atoms with Gasteiger partial charge in [0.2, 0.25) is 5.91 Å². The summed E-state index contributed by atoms with van der Waals surface area (Å²) in [7, 11) is 4.12. The summed E-state index contributed by atoms with van der Waals surface area (Å²) in [5, 5.41) is 2.84. The van der Waals surface area contributed by atoms with E-state index < -0.39 is 0 Å². The molecule has 1 heterocycles. The normalized spacial score (nSPS) is 20.6. The topological polar surface area (TPSA) is 49.4 Å². The predicted molar refractivity (Wildman–Crippen MR) is 72.4 cm³/mol. The van der Waals surface area contributed by atoms with Crippen LogP contribution in [-0.2, 0) is 9.59 Å². The zero-order valence-electron chi connectivity index (χ0n) is 11.7. The number of rotatable bonds is 7. The molecule has 1 atom stereocenters. The van der Waals surface area contributed by atoms with Crippen molar-refractivity contribution in [2.45, 2.75) is 57.4 Å². The Morgan fingerprint density at radius 2 is 2.06 bits per heavy atom. The zero-order chi connectivity index (χ0) is 13.4. The van der Waals surface area contributed by atoms with E-state index in [1.54, 1.807) is 0 Å². The van der Waals surface area contributed by atoms with Crippen molar-refractivity contribution < 1.29 is 9.59 Å². The van der Waals surface area contributed by atoms with Gasteiger partial charge >= 0.3 is 0 Å². The lowest BCUT2D eigenvalue weighted by molar-refractivity contribution is -0.127. The molecule has 1 rings (SSSR count). The number of Topliss-reactive ketones (excluding diaryl/α,β-unsaturated/α-hetero) is 1. The first-order valence-corrected chi connectivity index (χ1v) is 7.06. The molecule has 1 fully saturated rings. The fourth-order valence-electron chi connectivity index (χ4n) is 2.29. The van der Waals surface area contributed by atoms with Crippen LogP contribution in [0.25, 0.3) is 0 Å². The van der Waals surface area contributed by atoms with E-state index >= 15 is 0 Å². The molecule has 0 radical (unpaired) electrons. The molecule has 1 saturated heterocycles. The lowest BCUT2D eigenvalue weighted by Gasteiger charge is -2.14. The number of hydrogen-bond donors (Lipinski definition) is 1. The monoisotopic (exact) mass is 254 g/mol. The number of nitrogens with zero attached hydrogens (tertiary/aromatic N) is 1. The van der Waals surface area contributed by atoms with Crippen LogP contribution in [0.3, 0.4) is 0 Å². The van der Waals surface area contributed by atoms with Crippen LogP contribution in [0, 0.1) is 0 Å². The molecule has 0 saturated carbocycles. The first-order valence-electron chi connectivity index (χ1n) is 7.06. The highest BCUT2D eigenvalue weighted by Crippen LogP contribution is 2.12. The summed E-state index contributed by atoms with van der Waals surface area (Å²) in [4.78, 5) is 25.5. The number of ketones is 1. The Labute approximate surface area is 110 Å². The van der Waals surface area contributed by atoms with E-state index in [1.165, 1.54) is 0 Å². The summed E-state index contributed by atoms with van der Waals surface area (Å²) in [5.41, 5.74) is 0. The highest BCUT2D eigenvalue weighted by molar-refractivity contribution is 5.89. The van der Waals surface area contributed by atoms with Gasteiger partial charge in [-0.05, 0) is 46.3 Å². The molecule has 1 N–H and O–H groups in total. The summed E-state index contributed by atoms with van der Waals surface area (Å²) < 4.78 is 0. The molecule has 4 nitrogen and oxygen atoms in total. The molecule has 4 heteroatoms. The third kappa shape index (κ3) is 6.15. The van der Waals surface area contributed by atoms with Gasteiger partial charge in [0, 0.05) is 12.8 Å². The minimum absolute atomic E-state index is 0.0402. The minimum atomic E-state index is -0.214. The first kappa shape index (κ1) is 15.2. The van der Waals surface area contributed by atoms with Gasteiger partial charge in [0.05, 0.1) is 6.04 Å². The van der Waals surface area contributed by atoms with E-state index in [4.69, 9.17) is 0 Å². The molecule has 1 aliphatic heterocycles. The van der Waals surface area contributed by atoms with Gasteiger partial charge in [0.25, 0.3) is 0 Å². The van der Waals surface area contributed by atoms with Crippen molar-refractivity contribution >= 4 is 11.7 Å². The van der Waals surface area contributed by atoms with Crippen molar-refractivity contribution in [1.82, 2.24) is 10.2 Å². The summed E-state index contributed by atoms with van der Waals surface area (Å²) in [5.74, 6) is 0.258. The van der Waals surface area contributed by atoms with Crippen LogP contribution in [0.15, 0.2) is 0 Å². The summed E-state index contributed by atoms with van der Waals surface area (Å²) >= 11 is 0. The second-order valence-electron chi connectivity index (χ2n) is 5.45. The standard InChI is InChI=1S/C14H26N2O2/c1-16(2)11-7-3-4-9-13(17)12-8-5-6-10-14(18)15-12/h12H,3-11H2,1-2H3,(H,15,18). The molecule has 0 spiro atoms. The molecular weight excluding hydrogens is 228 g/mol. The smallest absolute Gasteiger partial charge is 0.220 e. The average molecular weight is 254 g/mol. The molecular formula is C14H26N2O2. The second kappa shape index (κ2) is 8.25. The van der Waals surface area contributed by atoms with Crippen LogP contribution in [0.2, 0.25) is 0 Å². The second-order valence-corrected chi connectivity index (χ2v) is 5.45. The average Bonchev–Trinajstić information content (AvgIpc) is 2.53. The van der Waals surface area contributed by atoms with Gasteiger partial charge in [0.1, 0.15) is 0 Å². The Hall–Kier alpha value is -0.900. The largest absolute Gasteiger partial charge is 0.346 e. The number of amides is 1. The van der Waals surface area contributed by atoms with E-state index in [9.17, 15) is 9.59 Å². The van der Waals surface area contributed by atoms with Crippen molar-refractivity contribution in [3.8, 4) is 0 Å². The van der Waals surface area contributed by atoms with Gasteiger partial charge in [-0.2, -0.15) is 0 Å². The van der Waals surface area contributed by atoms with Crippen LogP contribution in [0.5, 0.6) is 0 Å². The SMILES string of the molecule is CN(C)CCCCCC(=O)C1CCCCC(=O)N1. The van der Waals surface area contributed by atoms with E-state index in [0.717, 1.165) is 45.1 Å². The van der Waals surface area contributed by atoms with Gasteiger partial charge in [-0.25, -0.2) is 0 Å². The number of nitrogens with one attached hydrogen (secondary N) is 1. The molecule has 1 amide bonds. The number of carbonyl (C=O) groups excluding carboxylic acids is 2. The molecule has 104 valence electrons. The van der Waals surface area contributed by atoms with Crippen LogP contribution >= 0.6 is 0 Å². The van der Waals surface area contributed by atoms with E-state index in [1.807, 2.05) is 0 Å². The first-order chi connectivity index (χ1) is 8.59. The minimum Gasteiger partial charge on any atom is -0.346 e. The Balaban J connectivity index is 2.17. The molecule has 18 heavy (non-hydrogen) atoms. The van der Waals surface area contributed by atoms with Crippen molar-refractivity contribution in [2.75, 3.05) is 20.6 Å². The van der Waals surface area contributed by atoms with Crippen molar-refractivity contribution in [1.29, 1.82) is 0 Å². The van der Waals surface area contributed by atoms with Crippen LogP contribution in [0.1, 0.15) is 51.4 Å². The molecule has 1 unspecified atom stereocenters. The van der Waals surface area contributed by atoms with Gasteiger partial charge in [0.15, 0.2) is 5.78 Å². The van der Waals surface area contributed by atoms with Gasteiger partial charge in [-0.1, -0.05) is 12.8 Å². The maximum Gasteiger partial charge on any atom is 0.220 e. The Bertz CT molecular complexity index is 277. The van der Waals surface area contributed by atoms with E-state index in [2.05, 4.69) is 24.3 Å². The third-order valence-corrected chi connectivity index (χ3v) is 3.40. The maximum absolute atomic E-state index is 12.0. The Morgan fingerprint density at radius 3 is 2.78 bits per heavy atom. The number of unbranched alkanes of at least 4 members (excludes halogenated alkanes) is 2. The summed E-state index contributed by atoms with van der Waals surface area (Å²) in [6.45, 7) is 1.08. The quantitative estimate of drug-likeness (QED) is 0.704. The van der Waals surface area contributed by atoms with Crippen molar-refractivity contribution in [3.05, 3.63) is 0 Å². The fraction of sp³-hybridized carbons (Fsp3) is 0.857. The molecule has 0 aromatic rings. The number of hydrogen-bond acceptors (Lipinski definition) is 3. The maximum atomic E-state index is 12.0. The van der Waals surface area contributed by atoms with Crippen molar-refractivity contribution in [2.24, 2.45) is 0 Å². The van der Waals surface area contributed by atoms with Crippen molar-refractivity contribution in [3.63, 3.8) is 0 Å². The Kier molecular flexibility index (Phi) is 6.94. The van der Waals surface area contributed by atoms with E-state index in [-0.39, 0.29) is 17.7 Å². The predicted octanol–water partition coefficient (Wildman–Crippen LogP) is 1.74. The highest BCUT2D eigenvalue weighted by atomic mass is 16.2. The Morgan fingerprint density at radius 1 is 1.28 bits per heavy atom. The van der Waals surface area contributed by atoms with Gasteiger partial charge in [-0.15, -0.1) is 0 Å². The van der Waals surface area contributed by atoms with Crippen LogP contribution in [0.4, 0.5) is 0 Å². The fourth-order valence-corrected chi connectivity index (χ4v) is 2.29. The molecule has 0 aromatic carbocycles. The lowest BCUT2D eigenvalue weighted by Crippen LogP contribution is -2.39. The molecule has 0 bridgehead atoms. The third-order valence-electron chi connectivity index (χ3n) is 3.40. The lowest BCUT2D eigenvalue weighted by atomic mass is 10.0. The van der Waals surface area contributed by atoms with Crippen LogP contribution in [-0.4, -0.2) is 43.3 Å². The van der Waals surface area contributed by atoms with Gasteiger partial charge in [-0.3, -0.25) is 9.59 Å². The summed E-state index contributed by atoms with van der Waals surface area (Å²) in [6.07, 6.45) is 7.07. The highest BCUT2D eigenvalue weighted by Gasteiger charge is 2.22. The summed E-state index contributed by atoms with van der Waals surface area (Å²) in [6, 6.07) is -0.214. The molecule has 0 aromatic heterocycles. The van der Waals surface area contributed by atoms with Crippen LogP contribution < -0.4 is 5.32 Å².